The zero-order valence-corrected chi connectivity index (χ0v) is 16.4. The van der Waals surface area contributed by atoms with Gasteiger partial charge in [0.05, 0.1) is 10.6 Å². The van der Waals surface area contributed by atoms with Gasteiger partial charge in [-0.1, -0.05) is 84.6 Å². The molecule has 0 spiro atoms. The molecule has 3 aromatic rings. The molecule has 0 bridgehead atoms. The van der Waals surface area contributed by atoms with Gasteiger partial charge in [0.25, 0.3) is 5.69 Å². The summed E-state index contributed by atoms with van der Waals surface area (Å²) in [5.74, 6) is 0. The highest BCUT2D eigenvalue weighted by Gasteiger charge is 2.21. The van der Waals surface area contributed by atoms with Crippen molar-refractivity contribution in [3.8, 4) is 0 Å². The van der Waals surface area contributed by atoms with Crippen LogP contribution in [-0.2, 0) is 11.8 Å². The first-order valence-corrected chi connectivity index (χ1v) is 11.1. The highest BCUT2D eigenvalue weighted by Crippen LogP contribution is 2.39. The third kappa shape index (κ3) is 4.30. The lowest BCUT2D eigenvalue weighted by Crippen LogP contribution is -2.25. The lowest BCUT2D eigenvalue weighted by Gasteiger charge is -2.23. The number of non-ortho nitro benzene ring substituents is 1. The van der Waals surface area contributed by atoms with Crippen molar-refractivity contribution in [1.29, 1.82) is 0 Å². The molecule has 0 aromatic heterocycles. The summed E-state index contributed by atoms with van der Waals surface area (Å²) in [7, 11) is 0. The molecule has 0 aliphatic rings. The minimum Gasteiger partial charge on any atom is -0.272 e. The predicted molar refractivity (Wildman–Crippen MR) is 115 cm³/mol. The Kier molecular flexibility index (Phi) is 5.79. The van der Waals surface area contributed by atoms with Gasteiger partial charge in [0.15, 0.2) is 0 Å². The molecule has 1 N–H and O–H groups in total. The van der Waals surface area contributed by atoms with Crippen LogP contribution in [0.25, 0.3) is 0 Å². The quantitative estimate of drug-likeness (QED) is 0.297. The molecule has 3 aromatic carbocycles. The summed E-state index contributed by atoms with van der Waals surface area (Å²) in [6.45, 7) is 1.81. The van der Waals surface area contributed by atoms with Crippen molar-refractivity contribution in [2.24, 2.45) is 5.10 Å². The largest absolute Gasteiger partial charge is 0.272 e. The maximum absolute atomic E-state index is 11.0. The van der Waals surface area contributed by atoms with Crippen LogP contribution in [0.3, 0.4) is 0 Å². The summed E-state index contributed by atoms with van der Waals surface area (Å²) in [4.78, 5) is 10.6. The van der Waals surface area contributed by atoms with Gasteiger partial charge in [-0.2, -0.15) is 5.10 Å². The molecule has 0 aliphatic carbocycles. The minimum atomic E-state index is -2.37. The molecule has 0 saturated carbocycles. The molecule has 0 heterocycles. The van der Waals surface area contributed by atoms with E-state index in [4.69, 9.17) is 11.8 Å². The number of hydrogen-bond donors (Lipinski definition) is 1. The van der Waals surface area contributed by atoms with E-state index in [1.165, 1.54) is 12.1 Å². The van der Waals surface area contributed by atoms with Gasteiger partial charge in [-0.3, -0.25) is 15.3 Å². The molecule has 0 aliphatic heterocycles. The van der Waals surface area contributed by atoms with E-state index in [1.807, 2.05) is 67.6 Å². The average molecular weight is 395 g/mol. The maximum atomic E-state index is 11.0. The third-order valence-electron chi connectivity index (χ3n) is 4.07. The van der Waals surface area contributed by atoms with Crippen LogP contribution in [0.1, 0.15) is 12.5 Å². The summed E-state index contributed by atoms with van der Waals surface area (Å²) >= 11 is 6.06. The van der Waals surface area contributed by atoms with Crippen molar-refractivity contribution in [3.05, 3.63) is 101 Å². The van der Waals surface area contributed by atoms with Crippen molar-refractivity contribution in [2.75, 3.05) is 0 Å². The molecular formula is C20H18N3O2PS. The maximum Gasteiger partial charge on any atom is 0.270 e. The Balaban J connectivity index is 1.98. The van der Waals surface area contributed by atoms with Crippen LogP contribution < -0.4 is 15.8 Å². The molecule has 0 fully saturated rings. The minimum absolute atomic E-state index is 0.0348. The second kappa shape index (κ2) is 8.25. The van der Waals surface area contributed by atoms with E-state index < -0.39 is 11.1 Å². The molecule has 0 saturated heterocycles. The Morgan fingerprint density at radius 2 is 1.52 bits per heavy atom. The van der Waals surface area contributed by atoms with Gasteiger partial charge < -0.3 is 0 Å². The molecule has 0 amide bonds. The van der Waals surface area contributed by atoms with Crippen molar-refractivity contribution in [2.45, 2.75) is 6.92 Å². The fraction of sp³-hybridized carbons (Fsp3) is 0.0500. The second-order valence-corrected chi connectivity index (χ2v) is 9.98. The van der Waals surface area contributed by atoms with Gasteiger partial charge in [0.2, 0.25) is 0 Å². The van der Waals surface area contributed by atoms with Crippen molar-refractivity contribution < 1.29 is 4.92 Å². The molecular weight excluding hydrogens is 377 g/mol. The van der Waals surface area contributed by atoms with E-state index in [-0.39, 0.29) is 5.69 Å². The fourth-order valence-electron chi connectivity index (χ4n) is 2.59. The van der Waals surface area contributed by atoms with Crippen LogP contribution in [0.5, 0.6) is 0 Å². The van der Waals surface area contributed by atoms with Gasteiger partial charge in [-0.15, -0.1) is 0 Å². The Morgan fingerprint density at radius 1 is 0.963 bits per heavy atom. The van der Waals surface area contributed by atoms with Gasteiger partial charge in [0, 0.05) is 28.3 Å². The molecule has 7 heteroatoms. The summed E-state index contributed by atoms with van der Waals surface area (Å²) in [6, 6.07) is 26.1. The molecule has 136 valence electrons. The highest BCUT2D eigenvalue weighted by molar-refractivity contribution is 8.20. The standard InChI is InChI=1S/C20H18N3O2PS/c1-16(17-9-8-10-18(15-17)23(24)25)21-22-26(27,19-11-4-2-5-12-19)20-13-6-3-7-14-20/h2-15H,1H3,(H,22,27)/b21-16-. The summed E-state index contributed by atoms with van der Waals surface area (Å²) in [6.07, 6.45) is -2.37. The summed E-state index contributed by atoms with van der Waals surface area (Å²) in [5.41, 5.74) is 1.35. The zero-order chi connectivity index (χ0) is 19.3. The highest BCUT2D eigenvalue weighted by atomic mass is 32.4. The molecule has 3 rings (SSSR count). The van der Waals surface area contributed by atoms with Gasteiger partial charge >= 0.3 is 0 Å². The molecule has 27 heavy (non-hydrogen) atoms. The first kappa shape index (κ1) is 19.0. The molecule has 0 radical (unpaired) electrons. The first-order valence-electron chi connectivity index (χ1n) is 8.28. The SMILES string of the molecule is C/C(=N/NP(=S)(c1ccccc1)c1ccccc1)c1cccc([N+](=O)[O-])c1. The van der Waals surface area contributed by atoms with Crippen molar-refractivity contribution in [3.63, 3.8) is 0 Å². The van der Waals surface area contributed by atoms with E-state index in [9.17, 15) is 10.1 Å². The van der Waals surface area contributed by atoms with E-state index >= 15 is 0 Å². The van der Waals surface area contributed by atoms with E-state index in [1.54, 1.807) is 12.1 Å². The predicted octanol–water partition coefficient (Wildman–Crippen LogP) is 3.95. The molecule has 0 unspecified atom stereocenters. The van der Waals surface area contributed by atoms with Crippen LogP contribution >= 0.6 is 6.19 Å². The van der Waals surface area contributed by atoms with E-state index in [0.717, 1.165) is 10.6 Å². The fourth-order valence-corrected chi connectivity index (χ4v) is 5.45. The smallest absolute Gasteiger partial charge is 0.270 e. The van der Waals surface area contributed by atoms with Crippen LogP contribution in [0, 0.1) is 10.1 Å². The Labute approximate surface area is 163 Å². The Hall–Kier alpha value is -2.82. The number of nitrogens with one attached hydrogen (secondary N) is 1. The summed E-state index contributed by atoms with van der Waals surface area (Å²) < 4.78 is 0. The number of nitro benzene ring substituents is 1. The average Bonchev–Trinajstić information content (AvgIpc) is 2.73. The molecule has 5 nitrogen and oxygen atoms in total. The van der Waals surface area contributed by atoms with Gasteiger partial charge in [-0.05, 0) is 6.92 Å². The first-order chi connectivity index (χ1) is 13.0. The third-order valence-corrected chi connectivity index (χ3v) is 8.02. The molecule has 0 atom stereocenters. The lowest BCUT2D eigenvalue weighted by atomic mass is 10.1. The van der Waals surface area contributed by atoms with Crippen LogP contribution in [0.4, 0.5) is 5.69 Å². The monoisotopic (exact) mass is 395 g/mol. The van der Waals surface area contributed by atoms with Gasteiger partial charge in [-0.25, -0.2) is 0 Å². The second-order valence-electron chi connectivity index (χ2n) is 5.89. The number of hydrazone groups is 1. The number of hydrogen-bond acceptors (Lipinski definition) is 4. The van der Waals surface area contributed by atoms with E-state index in [0.29, 0.717) is 11.3 Å². The van der Waals surface area contributed by atoms with Crippen molar-refractivity contribution in [1.82, 2.24) is 5.20 Å². The van der Waals surface area contributed by atoms with Crippen LogP contribution in [0.2, 0.25) is 0 Å². The summed E-state index contributed by atoms with van der Waals surface area (Å²) in [5, 5.41) is 20.7. The number of nitro groups is 1. The zero-order valence-electron chi connectivity index (χ0n) is 14.6. The topological polar surface area (TPSA) is 67.5 Å². The van der Waals surface area contributed by atoms with Crippen LogP contribution in [0.15, 0.2) is 90.0 Å². The number of rotatable bonds is 6. The van der Waals surface area contributed by atoms with Gasteiger partial charge in [0.1, 0.15) is 6.19 Å². The van der Waals surface area contributed by atoms with E-state index in [2.05, 4.69) is 10.3 Å². The Bertz CT molecular complexity index is 980. The Morgan fingerprint density at radius 3 is 2.04 bits per heavy atom. The number of nitrogens with zero attached hydrogens (tertiary/aromatic N) is 2. The lowest BCUT2D eigenvalue weighted by molar-refractivity contribution is -0.384. The van der Waals surface area contributed by atoms with Crippen molar-refractivity contribution >= 4 is 40.0 Å². The van der Waals surface area contributed by atoms with Crippen LogP contribution in [-0.4, -0.2) is 10.6 Å². The normalized spacial score (nSPS) is 11.8. The number of benzene rings is 3.